The first-order valence-corrected chi connectivity index (χ1v) is 19.8. The first kappa shape index (κ1) is 32.9. The second-order valence-electron chi connectivity index (χ2n) is 12.7. The number of thioether (sulfide) groups is 2. The van der Waals surface area contributed by atoms with Crippen molar-refractivity contribution in [3.8, 4) is 44.8 Å². The Balaban J connectivity index is 0.000000138. The smallest absolute Gasteiger partial charge is 0.210 e. The number of rotatable bonds is 4. The molecule has 2 aliphatic rings. The average molecular weight is 752 g/mol. The Kier molecular flexibility index (Phi) is 8.16. The number of fused-ring (bicyclic) bond motifs is 4. The van der Waals surface area contributed by atoms with Gasteiger partial charge < -0.3 is 9.97 Å². The number of hydrogen-bond acceptors (Lipinski definition) is 4. The molecule has 0 saturated carbocycles. The molecule has 0 amide bonds. The van der Waals surface area contributed by atoms with E-state index in [1.165, 1.54) is 0 Å². The van der Waals surface area contributed by atoms with Gasteiger partial charge >= 0.3 is 0 Å². The van der Waals surface area contributed by atoms with Crippen LogP contribution in [0.15, 0.2) is 131 Å². The van der Waals surface area contributed by atoms with Gasteiger partial charge in [-0.05, 0) is 69.8 Å². The van der Waals surface area contributed by atoms with Crippen molar-refractivity contribution < 1.29 is 9.59 Å². The molecule has 2 aromatic heterocycles. The first-order chi connectivity index (χ1) is 25.4. The van der Waals surface area contributed by atoms with Crippen LogP contribution < -0.4 is 0 Å². The van der Waals surface area contributed by atoms with E-state index in [2.05, 4.69) is 58.5 Å². The van der Waals surface area contributed by atoms with Gasteiger partial charge in [-0.3, -0.25) is 9.59 Å². The lowest BCUT2D eigenvalue weighted by atomic mass is 9.86. The Morgan fingerprint density at radius 2 is 0.788 bits per heavy atom. The molecule has 0 bridgehead atoms. The highest BCUT2D eigenvalue weighted by molar-refractivity contribution is 7.99. The summed E-state index contributed by atoms with van der Waals surface area (Å²) >= 11 is 15.4. The third kappa shape index (κ3) is 5.08. The second-order valence-corrected chi connectivity index (χ2v) is 15.2. The van der Waals surface area contributed by atoms with Gasteiger partial charge in [-0.15, -0.1) is 23.5 Å². The van der Waals surface area contributed by atoms with Crippen LogP contribution in [0.2, 0.25) is 10.0 Å². The highest BCUT2D eigenvalue weighted by Crippen LogP contribution is 2.49. The van der Waals surface area contributed by atoms with E-state index in [9.17, 15) is 9.59 Å². The minimum absolute atomic E-state index is 0.0554. The number of carbonyl (C=O) groups is 2. The molecule has 252 valence electrons. The molecule has 2 heterocycles. The van der Waals surface area contributed by atoms with Crippen LogP contribution in [0.5, 0.6) is 0 Å². The van der Waals surface area contributed by atoms with Gasteiger partial charge in [0.25, 0.3) is 0 Å². The molecule has 0 fully saturated rings. The van der Waals surface area contributed by atoms with E-state index in [-0.39, 0.29) is 11.6 Å². The summed E-state index contributed by atoms with van der Waals surface area (Å²) in [6, 6.07) is 39.7. The number of ketones is 2. The molecule has 8 heteroatoms. The van der Waals surface area contributed by atoms with Crippen LogP contribution in [0, 0.1) is 0 Å². The summed E-state index contributed by atoms with van der Waals surface area (Å²) in [4.78, 5) is 35.4. The number of aromatic nitrogens is 2. The molecular formula is C44H28Cl2N2O2S2. The number of halogens is 2. The summed E-state index contributed by atoms with van der Waals surface area (Å²) in [6.07, 6.45) is 4.10. The van der Waals surface area contributed by atoms with E-state index in [4.69, 9.17) is 23.2 Å². The lowest BCUT2D eigenvalue weighted by Crippen LogP contribution is -2.09. The highest BCUT2D eigenvalue weighted by Gasteiger charge is 2.32. The summed E-state index contributed by atoms with van der Waals surface area (Å²) in [6.45, 7) is 0. The third-order valence-corrected chi connectivity index (χ3v) is 12.0. The lowest BCUT2D eigenvalue weighted by molar-refractivity contribution is 0.102. The summed E-state index contributed by atoms with van der Waals surface area (Å²) in [7, 11) is 0. The van der Waals surface area contributed by atoms with Gasteiger partial charge in [-0.2, -0.15) is 0 Å². The topological polar surface area (TPSA) is 65.7 Å². The lowest BCUT2D eigenvalue weighted by Gasteiger charge is -2.17. The maximum absolute atomic E-state index is 13.2. The number of H-pyrrole nitrogens is 2. The fraction of sp³-hybridized carbons (Fsp3) is 0.0455. The summed E-state index contributed by atoms with van der Waals surface area (Å²) in [5.74, 6) is 0.111. The van der Waals surface area contributed by atoms with E-state index in [1.807, 2.05) is 85.3 Å². The molecule has 10 rings (SSSR count). The maximum Gasteiger partial charge on any atom is 0.210 e. The van der Waals surface area contributed by atoms with Crippen LogP contribution in [0.3, 0.4) is 0 Å². The van der Waals surface area contributed by atoms with Gasteiger partial charge in [0.15, 0.2) is 0 Å². The predicted octanol–water partition coefficient (Wildman–Crippen LogP) is 12.8. The number of nitrogens with one attached hydrogen (secondary N) is 2. The molecule has 2 N–H and O–H groups in total. The molecule has 0 atom stereocenters. The van der Waals surface area contributed by atoms with Crippen LogP contribution in [0.4, 0.5) is 0 Å². The number of hydrogen-bond donors (Lipinski definition) is 2. The molecule has 0 aliphatic heterocycles. The number of aromatic amines is 2. The second kappa shape index (κ2) is 12.9. The van der Waals surface area contributed by atoms with Crippen LogP contribution >= 0.6 is 46.7 Å². The predicted molar refractivity (Wildman–Crippen MR) is 219 cm³/mol. The van der Waals surface area contributed by atoms with Gasteiger partial charge in [0.2, 0.25) is 11.6 Å². The fourth-order valence-electron chi connectivity index (χ4n) is 7.61. The molecule has 8 aromatic rings. The Morgan fingerprint density at radius 1 is 0.442 bits per heavy atom. The Bertz CT molecular complexity index is 2560. The van der Waals surface area contributed by atoms with Crippen molar-refractivity contribution in [3.05, 3.63) is 154 Å². The quantitative estimate of drug-likeness (QED) is 0.176. The van der Waals surface area contributed by atoms with Crippen molar-refractivity contribution in [2.45, 2.75) is 9.79 Å². The van der Waals surface area contributed by atoms with E-state index in [1.54, 1.807) is 23.5 Å². The summed E-state index contributed by atoms with van der Waals surface area (Å²) < 4.78 is 0. The zero-order valence-corrected chi connectivity index (χ0v) is 31.1. The van der Waals surface area contributed by atoms with Crippen LogP contribution in [-0.2, 0) is 0 Å². The molecule has 0 spiro atoms. The Morgan fingerprint density at radius 3 is 1.13 bits per heavy atom. The maximum atomic E-state index is 13.2. The SMILES string of the molecule is CSc1c(-c2ccc(Cl)cc2)[nH]c2c1-c1cccc3cccc(c13)C2=O.CSc1c(-c2ccc(Cl)cc2)[nH]c2c1-c1cccc3cccc(c13)C2=O. The molecule has 0 unspecified atom stereocenters. The molecule has 0 saturated heterocycles. The number of carbonyl (C=O) groups excluding carboxylic acids is 2. The monoisotopic (exact) mass is 750 g/mol. The van der Waals surface area contributed by atoms with Crippen LogP contribution in [0.25, 0.3) is 66.3 Å². The minimum Gasteiger partial charge on any atom is -0.350 e. The van der Waals surface area contributed by atoms with Crippen molar-refractivity contribution >= 4 is 79.8 Å². The molecule has 6 aromatic carbocycles. The molecule has 2 aliphatic carbocycles. The van der Waals surface area contributed by atoms with E-state index < -0.39 is 0 Å². The van der Waals surface area contributed by atoms with Crippen molar-refractivity contribution in [1.82, 2.24) is 9.97 Å². The molecule has 0 radical (unpaired) electrons. The zero-order chi connectivity index (χ0) is 35.7. The largest absolute Gasteiger partial charge is 0.350 e. The van der Waals surface area contributed by atoms with E-state index in [0.717, 1.165) is 87.2 Å². The van der Waals surface area contributed by atoms with Gasteiger partial charge in [0.05, 0.1) is 22.8 Å². The third-order valence-electron chi connectivity index (χ3n) is 9.87. The zero-order valence-electron chi connectivity index (χ0n) is 27.9. The Labute approximate surface area is 318 Å². The molecular weight excluding hydrogens is 724 g/mol. The van der Waals surface area contributed by atoms with Crippen molar-refractivity contribution in [3.63, 3.8) is 0 Å². The summed E-state index contributed by atoms with van der Waals surface area (Å²) in [5, 5.41) is 5.68. The van der Waals surface area contributed by atoms with E-state index in [0.29, 0.717) is 21.4 Å². The normalized spacial score (nSPS) is 12.5. The first-order valence-electron chi connectivity index (χ1n) is 16.6. The molecule has 52 heavy (non-hydrogen) atoms. The van der Waals surface area contributed by atoms with Crippen molar-refractivity contribution in [2.75, 3.05) is 12.5 Å². The van der Waals surface area contributed by atoms with E-state index >= 15 is 0 Å². The van der Waals surface area contributed by atoms with Crippen LogP contribution in [0.1, 0.15) is 32.1 Å². The average Bonchev–Trinajstić information content (AvgIpc) is 3.77. The Hall–Kier alpha value is -4.98. The number of benzene rings is 6. The van der Waals surface area contributed by atoms with Gasteiger partial charge in [0, 0.05) is 52.9 Å². The minimum atomic E-state index is 0.0554. The molecule has 4 nitrogen and oxygen atoms in total. The van der Waals surface area contributed by atoms with Crippen LogP contribution in [-0.4, -0.2) is 34.0 Å². The fourth-order valence-corrected chi connectivity index (χ4v) is 9.44. The summed E-state index contributed by atoms with van der Waals surface area (Å²) in [5.41, 5.74) is 11.1. The highest BCUT2D eigenvalue weighted by atomic mass is 35.5. The van der Waals surface area contributed by atoms with Gasteiger partial charge in [-0.1, -0.05) is 120 Å². The van der Waals surface area contributed by atoms with Gasteiger partial charge in [0.1, 0.15) is 0 Å². The van der Waals surface area contributed by atoms with Crippen molar-refractivity contribution in [2.24, 2.45) is 0 Å². The van der Waals surface area contributed by atoms with Crippen molar-refractivity contribution in [1.29, 1.82) is 0 Å². The standard InChI is InChI=1S/2C22H14ClNOS/c2*1-26-22-18-15-6-2-4-12-5-3-7-16(17(12)15)21(25)20(18)24-19(22)13-8-10-14(23)11-9-13/h2*2-11,24H,1H3. The van der Waals surface area contributed by atoms with Gasteiger partial charge in [-0.25, -0.2) is 0 Å².